The summed E-state index contributed by atoms with van der Waals surface area (Å²) in [7, 11) is 0. The molecule has 3 unspecified atom stereocenters. The van der Waals surface area contributed by atoms with Crippen LogP contribution in [0, 0.1) is 34.5 Å². The lowest BCUT2D eigenvalue weighted by molar-refractivity contribution is -0.116. The number of rotatable bonds is 5. The summed E-state index contributed by atoms with van der Waals surface area (Å²) in [5.74, 6) is 2.36. The third-order valence-corrected chi connectivity index (χ3v) is 9.06. The number of benzene rings is 1. The first-order chi connectivity index (χ1) is 16.9. The lowest BCUT2D eigenvalue weighted by Crippen LogP contribution is -2.44. The lowest BCUT2D eigenvalue weighted by Gasteiger charge is -2.50. The van der Waals surface area contributed by atoms with Gasteiger partial charge in [0.2, 0.25) is 5.91 Å². The topological polar surface area (TPSA) is 98.4 Å². The first-order valence-electron chi connectivity index (χ1n) is 12.6. The number of pyridine rings is 1. The number of carbonyl (C=O) groups is 1. The smallest absolute Gasteiger partial charge is 0.225 e. The first-order valence-corrected chi connectivity index (χ1v) is 13.0. The number of oxime groups is 1. The highest BCUT2D eigenvalue weighted by molar-refractivity contribution is 6.30. The number of amides is 1. The van der Waals surface area contributed by atoms with Gasteiger partial charge in [0, 0.05) is 23.1 Å². The molecule has 3 aliphatic carbocycles. The van der Waals surface area contributed by atoms with Crippen molar-refractivity contribution in [3.05, 3.63) is 58.2 Å². The second kappa shape index (κ2) is 9.62. The van der Waals surface area contributed by atoms with Crippen molar-refractivity contribution in [1.29, 1.82) is 5.26 Å². The van der Waals surface area contributed by atoms with Crippen molar-refractivity contribution < 1.29 is 10.0 Å². The molecule has 2 saturated carbocycles. The molecule has 2 N–H and O–H groups in total. The van der Waals surface area contributed by atoms with Gasteiger partial charge in [0.15, 0.2) is 0 Å². The van der Waals surface area contributed by atoms with Crippen LogP contribution in [-0.2, 0) is 11.2 Å². The molecule has 7 heteroatoms. The van der Waals surface area contributed by atoms with Crippen LogP contribution in [0.25, 0.3) is 0 Å². The van der Waals surface area contributed by atoms with Crippen LogP contribution in [-0.4, -0.2) is 21.8 Å². The summed E-state index contributed by atoms with van der Waals surface area (Å²) in [6.07, 6.45) is 8.72. The first kappa shape index (κ1) is 23.8. The Labute approximate surface area is 211 Å². The summed E-state index contributed by atoms with van der Waals surface area (Å²) in [5.41, 5.74) is 4.18. The van der Waals surface area contributed by atoms with Gasteiger partial charge in [-0.1, -0.05) is 29.7 Å². The monoisotopic (exact) mass is 490 g/mol. The number of aryl methyl sites for hydroxylation is 1. The van der Waals surface area contributed by atoms with Gasteiger partial charge in [-0.25, -0.2) is 4.98 Å². The molecule has 1 heterocycles. The zero-order valence-electron chi connectivity index (χ0n) is 20.0. The van der Waals surface area contributed by atoms with Crippen molar-refractivity contribution in [2.45, 2.75) is 64.2 Å². The second-order valence-electron chi connectivity index (χ2n) is 10.6. The molecule has 0 aliphatic heterocycles. The Bertz CT molecular complexity index is 1190. The minimum absolute atomic E-state index is 0.0657. The summed E-state index contributed by atoms with van der Waals surface area (Å²) < 4.78 is 0. The van der Waals surface area contributed by atoms with Crippen molar-refractivity contribution in [2.75, 3.05) is 5.32 Å². The second-order valence-corrected chi connectivity index (χ2v) is 11.1. The van der Waals surface area contributed by atoms with Gasteiger partial charge >= 0.3 is 0 Å². The Balaban J connectivity index is 1.27. The van der Waals surface area contributed by atoms with Crippen LogP contribution in [0.2, 0.25) is 5.02 Å². The Morgan fingerprint density at radius 3 is 2.94 bits per heavy atom. The number of hydrogen-bond acceptors (Lipinski definition) is 5. The molecule has 2 fully saturated rings. The maximum absolute atomic E-state index is 12.5. The third kappa shape index (κ3) is 4.43. The molecule has 5 atom stereocenters. The summed E-state index contributed by atoms with van der Waals surface area (Å²) in [6, 6.07) is 11.7. The summed E-state index contributed by atoms with van der Waals surface area (Å²) in [6.45, 7) is 2.30. The molecule has 1 aromatic carbocycles. The maximum Gasteiger partial charge on any atom is 0.225 e. The van der Waals surface area contributed by atoms with Gasteiger partial charge in [-0.05, 0) is 104 Å². The van der Waals surface area contributed by atoms with E-state index in [4.69, 9.17) is 16.9 Å². The van der Waals surface area contributed by atoms with Crippen molar-refractivity contribution >= 4 is 29.0 Å². The minimum atomic E-state index is -0.0703. The molecule has 6 nitrogen and oxygen atoms in total. The van der Waals surface area contributed by atoms with E-state index in [-0.39, 0.29) is 11.3 Å². The number of aromatic nitrogens is 1. The zero-order valence-corrected chi connectivity index (χ0v) is 20.8. The number of nitrogens with zero attached hydrogens (tertiary/aromatic N) is 3. The van der Waals surface area contributed by atoms with Crippen LogP contribution >= 0.6 is 11.6 Å². The largest absolute Gasteiger partial charge is 0.411 e. The SMILES string of the molecule is C[C@]12CCC3c4ccc(Cl)cc4CCC3C1[C@H](CCCC(=O)Nc1ccc(C#N)cn1)C/C2=N\O. The molecule has 35 heavy (non-hydrogen) atoms. The standard InChI is InChI=1S/C28H31ClN4O2/c1-28-12-11-22-21-9-7-20(29)13-18(21)6-8-23(22)27(28)19(14-24(28)33-35)3-2-4-26(34)32-25-10-5-17(15-30)16-31-25/h5,7,9-10,13,16,19,22-23,27,35H,2-4,6,8,11-12,14H2,1H3,(H,31,32,34)/b33-24+/t19-,22?,23?,27?,28-/m1/s1. The molecule has 182 valence electrons. The van der Waals surface area contributed by atoms with E-state index in [1.807, 2.05) is 12.1 Å². The third-order valence-electron chi connectivity index (χ3n) is 8.82. The van der Waals surface area contributed by atoms with E-state index >= 15 is 0 Å². The fourth-order valence-corrected chi connectivity index (χ4v) is 7.51. The molecule has 0 saturated heterocycles. The van der Waals surface area contributed by atoms with Crippen molar-refractivity contribution in [3.63, 3.8) is 0 Å². The van der Waals surface area contributed by atoms with E-state index in [0.717, 1.165) is 55.7 Å². The van der Waals surface area contributed by atoms with E-state index in [9.17, 15) is 10.0 Å². The number of halogens is 1. The number of nitrogens with one attached hydrogen (secondary N) is 1. The fourth-order valence-electron chi connectivity index (χ4n) is 7.32. The fraction of sp³-hybridized carbons (Fsp3) is 0.500. The van der Waals surface area contributed by atoms with Crippen molar-refractivity contribution in [1.82, 2.24) is 4.98 Å². The van der Waals surface area contributed by atoms with Gasteiger partial charge in [-0.15, -0.1) is 0 Å². The highest BCUT2D eigenvalue weighted by Gasteiger charge is 2.57. The molecule has 0 radical (unpaired) electrons. The highest BCUT2D eigenvalue weighted by Crippen LogP contribution is 2.62. The average molecular weight is 491 g/mol. The van der Waals surface area contributed by atoms with E-state index in [2.05, 4.69) is 34.5 Å². The normalized spacial score (nSPS) is 30.1. The summed E-state index contributed by atoms with van der Waals surface area (Å²) in [5, 5.41) is 26.2. The van der Waals surface area contributed by atoms with E-state index in [0.29, 0.717) is 41.5 Å². The molecule has 5 rings (SSSR count). The molecule has 1 aromatic heterocycles. The van der Waals surface area contributed by atoms with E-state index < -0.39 is 0 Å². The quantitative estimate of drug-likeness (QED) is 0.378. The number of nitriles is 1. The molecule has 1 amide bonds. The van der Waals surface area contributed by atoms with Crippen LogP contribution in [0.15, 0.2) is 41.7 Å². The predicted octanol–water partition coefficient (Wildman–Crippen LogP) is 6.33. The Morgan fingerprint density at radius 1 is 1.34 bits per heavy atom. The van der Waals surface area contributed by atoms with Gasteiger partial charge in [0.05, 0.1) is 11.3 Å². The van der Waals surface area contributed by atoms with Gasteiger partial charge in [0.1, 0.15) is 11.9 Å². The molecule has 2 aromatic rings. The zero-order chi connectivity index (χ0) is 24.6. The Morgan fingerprint density at radius 2 is 2.20 bits per heavy atom. The van der Waals surface area contributed by atoms with Gasteiger partial charge < -0.3 is 10.5 Å². The molecule has 0 spiro atoms. The molecular weight excluding hydrogens is 460 g/mol. The van der Waals surface area contributed by atoms with Crippen LogP contribution in [0.5, 0.6) is 0 Å². The van der Waals surface area contributed by atoms with E-state index in [1.165, 1.54) is 17.3 Å². The van der Waals surface area contributed by atoms with Gasteiger partial charge in [-0.3, -0.25) is 4.79 Å². The average Bonchev–Trinajstić information content (AvgIpc) is 3.15. The van der Waals surface area contributed by atoms with E-state index in [1.54, 1.807) is 12.1 Å². The van der Waals surface area contributed by atoms with Crippen molar-refractivity contribution in [2.24, 2.45) is 28.3 Å². The minimum Gasteiger partial charge on any atom is -0.411 e. The summed E-state index contributed by atoms with van der Waals surface area (Å²) >= 11 is 6.28. The van der Waals surface area contributed by atoms with Crippen molar-refractivity contribution in [3.8, 4) is 6.07 Å². The molecule has 3 aliphatic rings. The van der Waals surface area contributed by atoms with Crippen LogP contribution in [0.3, 0.4) is 0 Å². The number of fused-ring (bicyclic) bond motifs is 5. The molecule has 0 bridgehead atoms. The predicted molar refractivity (Wildman–Crippen MR) is 136 cm³/mol. The van der Waals surface area contributed by atoms with Gasteiger partial charge in [-0.2, -0.15) is 5.26 Å². The lowest BCUT2D eigenvalue weighted by atomic mass is 9.54. The van der Waals surface area contributed by atoms with Crippen LogP contribution < -0.4 is 5.32 Å². The number of carbonyl (C=O) groups excluding carboxylic acids is 1. The van der Waals surface area contributed by atoms with Gasteiger partial charge in [0.25, 0.3) is 0 Å². The van der Waals surface area contributed by atoms with Crippen LogP contribution in [0.1, 0.15) is 74.5 Å². The maximum atomic E-state index is 12.5. The summed E-state index contributed by atoms with van der Waals surface area (Å²) in [4.78, 5) is 16.6. The van der Waals surface area contributed by atoms with Crippen LogP contribution in [0.4, 0.5) is 5.82 Å². The highest BCUT2D eigenvalue weighted by atomic mass is 35.5. The Hall–Kier alpha value is -2.91. The molecular formula is C28H31ClN4O2. The number of hydrogen-bond donors (Lipinski definition) is 2. The number of anilines is 1. The Kier molecular flexibility index (Phi) is 6.55.